The minimum atomic E-state index is 0.560. The van der Waals surface area contributed by atoms with Gasteiger partial charge in [0.2, 0.25) is 0 Å². The summed E-state index contributed by atoms with van der Waals surface area (Å²) in [5.41, 5.74) is 2.06. The monoisotopic (exact) mass is 229 g/mol. The van der Waals surface area contributed by atoms with Crippen molar-refractivity contribution in [2.45, 2.75) is 20.4 Å². The Hall–Kier alpha value is -1.88. The molecule has 0 saturated heterocycles. The lowest BCUT2D eigenvalue weighted by atomic mass is 10.2. The van der Waals surface area contributed by atoms with E-state index in [1.165, 1.54) is 0 Å². The van der Waals surface area contributed by atoms with Gasteiger partial charge in [0.05, 0.1) is 5.69 Å². The van der Waals surface area contributed by atoms with E-state index in [0.29, 0.717) is 11.6 Å². The first kappa shape index (κ1) is 11.6. The van der Waals surface area contributed by atoms with Gasteiger partial charge < -0.3 is 5.32 Å². The fourth-order valence-electron chi connectivity index (χ4n) is 1.42. The Kier molecular flexibility index (Phi) is 3.72. The number of nitrogens with zero attached hydrogens (tertiary/aromatic N) is 4. The molecule has 5 nitrogen and oxygen atoms in total. The molecule has 17 heavy (non-hydrogen) atoms. The Labute approximate surface area is 100 Å². The molecule has 0 fully saturated rings. The predicted molar refractivity (Wildman–Crippen MR) is 65.2 cm³/mol. The molecular weight excluding hydrogens is 214 g/mol. The van der Waals surface area contributed by atoms with E-state index in [2.05, 4.69) is 32.2 Å². The molecule has 1 N–H and O–H groups in total. The number of hydrogen-bond donors (Lipinski definition) is 1. The van der Waals surface area contributed by atoms with Crippen LogP contribution in [0.2, 0.25) is 0 Å². The van der Waals surface area contributed by atoms with E-state index >= 15 is 0 Å². The van der Waals surface area contributed by atoms with Crippen LogP contribution in [0.1, 0.15) is 18.2 Å². The van der Waals surface area contributed by atoms with Gasteiger partial charge in [-0.3, -0.25) is 0 Å². The largest absolute Gasteiger partial charge is 0.311 e. The molecule has 0 aliphatic heterocycles. The van der Waals surface area contributed by atoms with Gasteiger partial charge >= 0.3 is 0 Å². The molecule has 0 atom stereocenters. The Morgan fingerprint density at radius 2 is 1.88 bits per heavy atom. The van der Waals surface area contributed by atoms with Crippen LogP contribution in [0.4, 0.5) is 0 Å². The number of nitrogens with one attached hydrogen (secondary N) is 1. The smallest absolute Gasteiger partial charge is 0.197 e. The quantitative estimate of drug-likeness (QED) is 0.857. The van der Waals surface area contributed by atoms with Crippen LogP contribution in [0, 0.1) is 6.92 Å². The highest BCUT2D eigenvalue weighted by molar-refractivity contribution is 5.42. The van der Waals surface area contributed by atoms with Gasteiger partial charge in [-0.1, -0.05) is 6.92 Å². The zero-order valence-corrected chi connectivity index (χ0v) is 10.0. The van der Waals surface area contributed by atoms with E-state index in [-0.39, 0.29) is 0 Å². The van der Waals surface area contributed by atoms with E-state index in [1.807, 2.05) is 13.1 Å². The standard InChI is InChI=1S/C12H15N5/c1-3-13-8-10-9(2)7-16-12(17-10)11-14-5-4-6-15-11/h4-7,13H,3,8H2,1-2H3. The summed E-state index contributed by atoms with van der Waals surface area (Å²) in [6.45, 7) is 5.73. The van der Waals surface area contributed by atoms with Crippen molar-refractivity contribution >= 4 is 0 Å². The number of hydrogen-bond acceptors (Lipinski definition) is 5. The predicted octanol–water partition coefficient (Wildman–Crippen LogP) is 1.35. The van der Waals surface area contributed by atoms with Crippen LogP contribution in [0.25, 0.3) is 11.6 Å². The maximum atomic E-state index is 4.48. The molecule has 0 bridgehead atoms. The van der Waals surface area contributed by atoms with E-state index in [1.54, 1.807) is 18.5 Å². The van der Waals surface area contributed by atoms with Crippen molar-refractivity contribution in [3.05, 3.63) is 35.9 Å². The van der Waals surface area contributed by atoms with Crippen molar-refractivity contribution in [2.24, 2.45) is 0 Å². The summed E-state index contributed by atoms with van der Waals surface area (Å²) < 4.78 is 0. The van der Waals surface area contributed by atoms with Crippen molar-refractivity contribution in [3.8, 4) is 11.6 Å². The fourth-order valence-corrected chi connectivity index (χ4v) is 1.42. The summed E-state index contributed by atoms with van der Waals surface area (Å²) in [7, 11) is 0. The number of aryl methyl sites for hydroxylation is 1. The molecule has 0 aliphatic carbocycles. The molecule has 0 spiro atoms. The molecule has 0 saturated carbocycles. The molecular formula is C12H15N5. The van der Waals surface area contributed by atoms with Crippen molar-refractivity contribution in [2.75, 3.05) is 6.54 Å². The van der Waals surface area contributed by atoms with Gasteiger partial charge in [0.1, 0.15) is 0 Å². The second kappa shape index (κ2) is 5.45. The third-order valence-corrected chi connectivity index (χ3v) is 2.38. The normalized spacial score (nSPS) is 10.5. The van der Waals surface area contributed by atoms with Gasteiger partial charge in [0.25, 0.3) is 0 Å². The Morgan fingerprint density at radius 1 is 1.12 bits per heavy atom. The second-order valence-electron chi connectivity index (χ2n) is 3.68. The van der Waals surface area contributed by atoms with Crippen LogP contribution >= 0.6 is 0 Å². The first-order chi connectivity index (χ1) is 8.31. The first-order valence-electron chi connectivity index (χ1n) is 5.62. The van der Waals surface area contributed by atoms with Crippen molar-refractivity contribution in [3.63, 3.8) is 0 Å². The minimum Gasteiger partial charge on any atom is -0.311 e. The van der Waals surface area contributed by atoms with Gasteiger partial charge in [-0.2, -0.15) is 0 Å². The highest BCUT2D eigenvalue weighted by Crippen LogP contribution is 2.10. The maximum Gasteiger partial charge on any atom is 0.197 e. The summed E-state index contributed by atoms with van der Waals surface area (Å²) in [6, 6.07) is 1.78. The lowest BCUT2D eigenvalue weighted by Gasteiger charge is -2.06. The Balaban J connectivity index is 2.31. The van der Waals surface area contributed by atoms with Crippen molar-refractivity contribution in [1.29, 1.82) is 0 Å². The molecule has 2 heterocycles. The molecule has 2 rings (SSSR count). The van der Waals surface area contributed by atoms with Crippen LogP contribution in [0.15, 0.2) is 24.7 Å². The summed E-state index contributed by atoms with van der Waals surface area (Å²) in [6.07, 6.45) is 5.19. The van der Waals surface area contributed by atoms with Gasteiger partial charge in [-0.05, 0) is 25.1 Å². The second-order valence-corrected chi connectivity index (χ2v) is 3.68. The molecule has 88 valence electrons. The topological polar surface area (TPSA) is 63.6 Å². The average molecular weight is 229 g/mol. The Bertz CT molecular complexity index is 484. The molecule has 2 aromatic rings. The SMILES string of the molecule is CCNCc1nc(-c2ncccn2)ncc1C. The van der Waals surface area contributed by atoms with E-state index in [0.717, 1.165) is 24.3 Å². The molecule has 5 heteroatoms. The zero-order valence-electron chi connectivity index (χ0n) is 10.0. The average Bonchev–Trinajstić information content (AvgIpc) is 2.39. The van der Waals surface area contributed by atoms with Crippen LogP contribution < -0.4 is 5.32 Å². The van der Waals surface area contributed by atoms with Crippen LogP contribution in [-0.4, -0.2) is 26.5 Å². The van der Waals surface area contributed by atoms with Crippen LogP contribution in [-0.2, 0) is 6.54 Å². The van der Waals surface area contributed by atoms with Gasteiger partial charge in [0, 0.05) is 25.1 Å². The summed E-state index contributed by atoms with van der Waals surface area (Å²) in [5.74, 6) is 1.13. The van der Waals surface area contributed by atoms with Gasteiger partial charge in [-0.15, -0.1) is 0 Å². The fraction of sp³-hybridized carbons (Fsp3) is 0.333. The lowest BCUT2D eigenvalue weighted by Crippen LogP contribution is -2.15. The highest BCUT2D eigenvalue weighted by Gasteiger charge is 2.07. The number of aromatic nitrogens is 4. The summed E-state index contributed by atoms with van der Waals surface area (Å²) in [4.78, 5) is 17.0. The zero-order chi connectivity index (χ0) is 12.1. The summed E-state index contributed by atoms with van der Waals surface area (Å²) >= 11 is 0. The minimum absolute atomic E-state index is 0.560. The molecule has 0 aromatic carbocycles. The number of rotatable bonds is 4. The van der Waals surface area contributed by atoms with E-state index < -0.39 is 0 Å². The molecule has 0 amide bonds. The molecule has 2 aromatic heterocycles. The van der Waals surface area contributed by atoms with Gasteiger partial charge in [0.15, 0.2) is 11.6 Å². The molecule has 0 unspecified atom stereocenters. The lowest BCUT2D eigenvalue weighted by molar-refractivity contribution is 0.704. The molecule has 0 radical (unpaired) electrons. The molecule has 0 aliphatic rings. The van der Waals surface area contributed by atoms with Crippen LogP contribution in [0.3, 0.4) is 0 Å². The van der Waals surface area contributed by atoms with E-state index in [9.17, 15) is 0 Å². The first-order valence-corrected chi connectivity index (χ1v) is 5.62. The van der Waals surface area contributed by atoms with E-state index in [4.69, 9.17) is 0 Å². The van der Waals surface area contributed by atoms with Crippen molar-refractivity contribution < 1.29 is 0 Å². The third kappa shape index (κ3) is 2.82. The highest BCUT2D eigenvalue weighted by atomic mass is 15.0. The Morgan fingerprint density at radius 3 is 2.59 bits per heavy atom. The summed E-state index contributed by atoms with van der Waals surface area (Å²) in [5, 5.41) is 3.25. The maximum absolute atomic E-state index is 4.48. The van der Waals surface area contributed by atoms with Gasteiger partial charge in [-0.25, -0.2) is 19.9 Å². The van der Waals surface area contributed by atoms with Crippen LogP contribution in [0.5, 0.6) is 0 Å². The van der Waals surface area contributed by atoms with Crippen molar-refractivity contribution in [1.82, 2.24) is 25.3 Å². The third-order valence-electron chi connectivity index (χ3n) is 2.38.